The second-order valence-electron chi connectivity index (χ2n) is 2.65. The number of anilines is 2. The molecule has 2 heterocycles. The van der Waals surface area contributed by atoms with E-state index < -0.39 is 0 Å². The van der Waals surface area contributed by atoms with Crippen molar-refractivity contribution in [2.75, 3.05) is 12.4 Å². The summed E-state index contributed by atoms with van der Waals surface area (Å²) in [6, 6.07) is 1.77. The zero-order valence-corrected chi connectivity index (χ0v) is 7.85. The van der Waals surface area contributed by atoms with Gasteiger partial charge < -0.3 is 10.1 Å². The lowest BCUT2D eigenvalue weighted by Crippen LogP contribution is -2.00. The molecule has 2 aromatic heterocycles. The van der Waals surface area contributed by atoms with Gasteiger partial charge in [0.1, 0.15) is 12.1 Å². The fourth-order valence-electron chi connectivity index (χ4n) is 1.04. The number of hydrogen-bond donors (Lipinski definition) is 2. The minimum absolute atomic E-state index is 0.550. The Morgan fingerprint density at radius 2 is 2.43 bits per heavy atom. The number of ether oxygens (including phenoxy) is 1. The van der Waals surface area contributed by atoms with Gasteiger partial charge in [0.15, 0.2) is 0 Å². The van der Waals surface area contributed by atoms with Crippen molar-refractivity contribution < 1.29 is 4.74 Å². The second-order valence-corrected chi connectivity index (χ2v) is 2.65. The van der Waals surface area contributed by atoms with E-state index in [0.717, 1.165) is 5.82 Å². The predicted molar refractivity (Wildman–Crippen MR) is 49.4 cm³/mol. The van der Waals surface area contributed by atoms with Gasteiger partial charge in [0.2, 0.25) is 11.8 Å². The monoisotopic (exact) mass is 194 g/mol. The van der Waals surface area contributed by atoms with Crippen LogP contribution in [0, 0.1) is 0 Å². The number of nitrogens with zero attached hydrogens (tertiary/aromatic N) is 4. The molecule has 0 unspecified atom stereocenters. The third-order valence-electron chi connectivity index (χ3n) is 1.73. The molecule has 2 aromatic rings. The lowest BCUT2D eigenvalue weighted by molar-refractivity contribution is 0.392. The van der Waals surface area contributed by atoms with Crippen molar-refractivity contribution in [3.8, 4) is 5.88 Å². The van der Waals surface area contributed by atoms with E-state index in [1.54, 1.807) is 24.9 Å². The van der Waals surface area contributed by atoms with Crippen molar-refractivity contribution in [2.24, 2.45) is 7.05 Å². The molecule has 0 radical (unpaired) electrons. The van der Waals surface area contributed by atoms with Gasteiger partial charge >= 0.3 is 0 Å². The topological polar surface area (TPSA) is 80.6 Å². The minimum Gasteiger partial charge on any atom is -0.480 e. The molecular formula is C7H10N6O. The molecule has 0 atom stereocenters. The summed E-state index contributed by atoms with van der Waals surface area (Å²) in [6.07, 6.45) is 1.43. The quantitative estimate of drug-likeness (QED) is 0.734. The molecular weight excluding hydrogens is 184 g/mol. The average molecular weight is 194 g/mol. The molecule has 0 saturated carbocycles. The number of rotatable bonds is 3. The van der Waals surface area contributed by atoms with Crippen LogP contribution in [0.2, 0.25) is 0 Å². The number of hydrogen-bond acceptors (Lipinski definition) is 5. The number of H-pyrrole nitrogens is 1. The Kier molecular flexibility index (Phi) is 2.05. The number of aromatic nitrogens is 5. The number of aryl methyl sites for hydroxylation is 1. The van der Waals surface area contributed by atoms with E-state index in [4.69, 9.17) is 4.74 Å². The van der Waals surface area contributed by atoms with Gasteiger partial charge in [0.25, 0.3) is 0 Å². The maximum Gasteiger partial charge on any atom is 0.234 e. The van der Waals surface area contributed by atoms with E-state index in [1.165, 1.54) is 6.33 Å². The van der Waals surface area contributed by atoms with Gasteiger partial charge in [-0.1, -0.05) is 0 Å². The van der Waals surface area contributed by atoms with Gasteiger partial charge in [0, 0.05) is 13.1 Å². The van der Waals surface area contributed by atoms with Gasteiger partial charge in [-0.2, -0.15) is 10.1 Å². The number of aromatic amines is 1. The van der Waals surface area contributed by atoms with Crippen LogP contribution in [0.15, 0.2) is 12.4 Å². The third-order valence-corrected chi connectivity index (χ3v) is 1.73. The predicted octanol–water partition coefficient (Wildman–Crippen LogP) is 0.290. The zero-order valence-electron chi connectivity index (χ0n) is 7.85. The Bertz CT molecular complexity index is 406. The fraction of sp³-hybridized carbons (Fsp3) is 0.286. The van der Waals surface area contributed by atoms with Crippen LogP contribution in [0.1, 0.15) is 0 Å². The van der Waals surface area contributed by atoms with E-state index in [1.807, 2.05) is 0 Å². The lowest BCUT2D eigenvalue weighted by Gasteiger charge is -1.99. The number of methoxy groups -OCH3 is 1. The van der Waals surface area contributed by atoms with Crippen molar-refractivity contribution in [3.63, 3.8) is 0 Å². The molecule has 0 aromatic carbocycles. The highest BCUT2D eigenvalue weighted by molar-refractivity contribution is 5.49. The standard InChI is InChI=1S/C7H10N6O/c1-13-5(3-6(12-13)14-2)10-7-8-4-9-11-7/h3-4H,1-2H3,(H2,8,9,10,11). The fourth-order valence-corrected chi connectivity index (χ4v) is 1.04. The van der Waals surface area contributed by atoms with Gasteiger partial charge in [0.05, 0.1) is 7.11 Å². The van der Waals surface area contributed by atoms with E-state index >= 15 is 0 Å². The molecule has 7 heteroatoms. The molecule has 0 bridgehead atoms. The zero-order chi connectivity index (χ0) is 9.97. The largest absolute Gasteiger partial charge is 0.480 e. The SMILES string of the molecule is COc1cc(Nc2ncn[nH]2)n(C)n1. The molecule has 0 aliphatic heterocycles. The summed E-state index contributed by atoms with van der Waals surface area (Å²) in [4.78, 5) is 3.93. The van der Waals surface area contributed by atoms with Gasteiger partial charge in [-0.3, -0.25) is 0 Å². The molecule has 0 aliphatic rings. The molecule has 0 amide bonds. The van der Waals surface area contributed by atoms with Crippen LogP contribution >= 0.6 is 0 Å². The van der Waals surface area contributed by atoms with Gasteiger partial charge in [-0.25, -0.2) is 9.78 Å². The number of nitrogens with one attached hydrogen (secondary N) is 2. The summed E-state index contributed by atoms with van der Waals surface area (Å²) in [5, 5.41) is 13.5. The molecule has 0 fully saturated rings. The summed E-state index contributed by atoms with van der Waals surface area (Å²) in [7, 11) is 3.38. The highest BCUT2D eigenvalue weighted by Gasteiger charge is 2.05. The highest BCUT2D eigenvalue weighted by Crippen LogP contribution is 2.17. The highest BCUT2D eigenvalue weighted by atomic mass is 16.5. The first-order chi connectivity index (χ1) is 6.79. The normalized spacial score (nSPS) is 10.1. The maximum atomic E-state index is 4.98. The van der Waals surface area contributed by atoms with E-state index in [0.29, 0.717) is 11.8 Å². The Labute approximate surface area is 80.1 Å². The van der Waals surface area contributed by atoms with Gasteiger partial charge in [-0.15, -0.1) is 5.10 Å². The van der Waals surface area contributed by atoms with Crippen LogP contribution in [0.5, 0.6) is 5.88 Å². The molecule has 2 rings (SSSR count). The lowest BCUT2D eigenvalue weighted by atomic mass is 10.6. The first kappa shape index (κ1) is 8.54. The van der Waals surface area contributed by atoms with Crippen molar-refractivity contribution in [1.29, 1.82) is 0 Å². The van der Waals surface area contributed by atoms with Crippen LogP contribution in [0.25, 0.3) is 0 Å². The maximum absolute atomic E-state index is 4.98. The molecule has 2 N–H and O–H groups in total. The summed E-state index contributed by atoms with van der Waals surface area (Å²) in [5.41, 5.74) is 0. The molecule has 74 valence electrons. The summed E-state index contributed by atoms with van der Waals surface area (Å²) >= 11 is 0. The minimum atomic E-state index is 0.550. The van der Waals surface area contributed by atoms with Crippen molar-refractivity contribution in [3.05, 3.63) is 12.4 Å². The van der Waals surface area contributed by atoms with Gasteiger partial charge in [-0.05, 0) is 0 Å². The van der Waals surface area contributed by atoms with Crippen molar-refractivity contribution >= 4 is 11.8 Å². The Morgan fingerprint density at radius 1 is 1.57 bits per heavy atom. The molecule has 0 aliphatic carbocycles. The Hall–Kier alpha value is -2.05. The smallest absolute Gasteiger partial charge is 0.234 e. The van der Waals surface area contributed by atoms with Crippen LogP contribution in [0.3, 0.4) is 0 Å². The molecule has 0 saturated heterocycles. The first-order valence-electron chi connectivity index (χ1n) is 4.00. The van der Waals surface area contributed by atoms with Crippen LogP contribution < -0.4 is 10.1 Å². The third kappa shape index (κ3) is 1.51. The van der Waals surface area contributed by atoms with Crippen LogP contribution in [-0.4, -0.2) is 32.1 Å². The van der Waals surface area contributed by atoms with E-state index in [-0.39, 0.29) is 0 Å². The second kappa shape index (κ2) is 3.36. The van der Waals surface area contributed by atoms with E-state index in [9.17, 15) is 0 Å². The Morgan fingerprint density at radius 3 is 3.00 bits per heavy atom. The summed E-state index contributed by atoms with van der Waals surface area (Å²) in [5.74, 6) is 1.89. The molecule has 0 spiro atoms. The Balaban J connectivity index is 2.20. The molecule has 7 nitrogen and oxygen atoms in total. The summed E-state index contributed by atoms with van der Waals surface area (Å²) in [6.45, 7) is 0. The first-order valence-corrected chi connectivity index (χ1v) is 4.00. The van der Waals surface area contributed by atoms with Crippen LogP contribution in [0.4, 0.5) is 11.8 Å². The average Bonchev–Trinajstić information content (AvgIpc) is 2.78. The molecule has 14 heavy (non-hydrogen) atoms. The van der Waals surface area contributed by atoms with Crippen LogP contribution in [-0.2, 0) is 7.05 Å². The van der Waals surface area contributed by atoms with Crippen molar-refractivity contribution in [2.45, 2.75) is 0 Å². The summed E-state index contributed by atoms with van der Waals surface area (Å²) < 4.78 is 6.63. The van der Waals surface area contributed by atoms with E-state index in [2.05, 4.69) is 25.6 Å². The van der Waals surface area contributed by atoms with Crippen molar-refractivity contribution in [1.82, 2.24) is 25.0 Å².